The van der Waals surface area contributed by atoms with E-state index in [1.807, 2.05) is 140 Å². The topological polar surface area (TPSA) is 169 Å². The Labute approximate surface area is 395 Å². The molecule has 1 saturated carbocycles. The van der Waals surface area contributed by atoms with E-state index in [0.717, 1.165) is 51.0 Å². The van der Waals surface area contributed by atoms with E-state index < -0.39 is 63.8 Å². The van der Waals surface area contributed by atoms with Gasteiger partial charge in [-0.05, 0) is 79.0 Å². The second-order valence-corrected chi connectivity index (χ2v) is 18.9. The zero-order chi connectivity index (χ0) is 47.8. The minimum absolute atomic E-state index is 0.0292. The molecule has 0 aliphatic heterocycles. The SMILES string of the molecule is COC(=O)N(C)C(=O)C1(NC(=O)[C@@H](CSC(c2ccccc2)(c2ccccc2)c2ccccc2)NC(=O)[C@@H](CCC(=O)OC(C)(C)C)NC(=O)OCC2c3ccccc3-c3ccccc32)CC1. The second kappa shape index (κ2) is 20.7. The molecule has 13 nitrogen and oxygen atoms in total. The van der Waals surface area contributed by atoms with E-state index in [1.165, 1.54) is 18.8 Å². The van der Waals surface area contributed by atoms with Crippen LogP contribution < -0.4 is 16.0 Å². The highest BCUT2D eigenvalue weighted by atomic mass is 32.2. The van der Waals surface area contributed by atoms with E-state index in [2.05, 4.69) is 16.0 Å². The van der Waals surface area contributed by atoms with Crippen LogP contribution >= 0.6 is 11.8 Å². The zero-order valence-electron chi connectivity index (χ0n) is 38.3. The van der Waals surface area contributed by atoms with Crippen LogP contribution in [-0.4, -0.2) is 90.5 Å². The summed E-state index contributed by atoms with van der Waals surface area (Å²) >= 11 is 1.41. The third-order valence-corrected chi connectivity index (χ3v) is 13.6. The van der Waals surface area contributed by atoms with Crippen molar-refractivity contribution in [2.45, 2.75) is 80.3 Å². The Balaban J connectivity index is 1.19. The summed E-state index contributed by atoms with van der Waals surface area (Å²) in [6, 6.07) is 42.6. The van der Waals surface area contributed by atoms with Crippen LogP contribution in [0.4, 0.5) is 9.59 Å². The van der Waals surface area contributed by atoms with Crippen LogP contribution in [0.3, 0.4) is 0 Å². The van der Waals surface area contributed by atoms with Gasteiger partial charge in [0.05, 0.1) is 11.9 Å². The van der Waals surface area contributed by atoms with E-state index in [0.29, 0.717) is 0 Å². The number of methoxy groups -OCH3 is 1. The van der Waals surface area contributed by atoms with E-state index in [-0.39, 0.29) is 44.0 Å². The number of nitrogens with zero attached hydrogens (tertiary/aromatic N) is 1. The van der Waals surface area contributed by atoms with Crippen molar-refractivity contribution in [1.29, 1.82) is 0 Å². The van der Waals surface area contributed by atoms with Crippen molar-refractivity contribution in [3.63, 3.8) is 0 Å². The van der Waals surface area contributed by atoms with Gasteiger partial charge in [-0.15, -0.1) is 11.8 Å². The van der Waals surface area contributed by atoms with Gasteiger partial charge in [0.15, 0.2) is 0 Å². The number of benzene rings is 5. The maximum absolute atomic E-state index is 14.7. The van der Waals surface area contributed by atoms with Gasteiger partial charge in [-0.3, -0.25) is 19.2 Å². The molecule has 0 heterocycles. The molecule has 67 heavy (non-hydrogen) atoms. The maximum Gasteiger partial charge on any atom is 0.416 e. The first-order valence-corrected chi connectivity index (χ1v) is 23.3. The lowest BCUT2D eigenvalue weighted by Gasteiger charge is -2.37. The highest BCUT2D eigenvalue weighted by molar-refractivity contribution is 8.00. The number of carbonyl (C=O) groups is 6. The molecule has 2 atom stereocenters. The fraction of sp³-hybridized carbons (Fsp3) is 0.321. The van der Waals surface area contributed by atoms with Gasteiger partial charge in [0.25, 0.3) is 5.91 Å². The van der Waals surface area contributed by atoms with E-state index in [9.17, 15) is 28.8 Å². The summed E-state index contributed by atoms with van der Waals surface area (Å²) in [6.07, 6.45) is -1.74. The van der Waals surface area contributed by atoms with Crippen molar-refractivity contribution < 1.29 is 43.0 Å². The molecule has 5 aromatic rings. The van der Waals surface area contributed by atoms with Crippen LogP contribution in [0.15, 0.2) is 140 Å². The largest absolute Gasteiger partial charge is 0.460 e. The highest BCUT2D eigenvalue weighted by Crippen LogP contribution is 2.49. The molecule has 0 saturated heterocycles. The molecule has 3 N–H and O–H groups in total. The number of fused-ring (bicyclic) bond motifs is 3. The monoisotopic (exact) mass is 924 g/mol. The molecule has 0 radical (unpaired) electrons. The molecule has 0 unspecified atom stereocenters. The summed E-state index contributed by atoms with van der Waals surface area (Å²) in [5, 5.41) is 8.43. The summed E-state index contributed by atoms with van der Waals surface area (Å²) in [5.74, 6) is -3.02. The smallest absolute Gasteiger partial charge is 0.416 e. The minimum atomic E-state index is -1.42. The van der Waals surface area contributed by atoms with Crippen molar-refractivity contribution in [1.82, 2.24) is 20.9 Å². The molecule has 2 aliphatic carbocycles. The van der Waals surface area contributed by atoms with Crippen LogP contribution in [0.2, 0.25) is 0 Å². The summed E-state index contributed by atoms with van der Waals surface area (Å²) < 4.78 is 15.3. The molecule has 0 bridgehead atoms. The molecule has 7 rings (SSSR count). The lowest BCUT2D eigenvalue weighted by atomic mass is 9.84. The molecule has 5 aromatic carbocycles. The Hall–Kier alpha value is -6.93. The summed E-state index contributed by atoms with van der Waals surface area (Å²) in [7, 11) is 2.43. The van der Waals surface area contributed by atoms with E-state index in [4.69, 9.17) is 14.2 Å². The molecule has 0 aromatic heterocycles. The van der Waals surface area contributed by atoms with Gasteiger partial charge in [-0.25, -0.2) is 14.5 Å². The predicted octanol–water partition coefficient (Wildman–Crippen LogP) is 8.10. The maximum atomic E-state index is 14.7. The molecule has 0 spiro atoms. The molecule has 2 aliphatic rings. The molecular weight excluding hydrogens is 869 g/mol. The quantitative estimate of drug-likeness (QED) is 0.0471. The Morgan fingerprint density at radius 1 is 0.687 bits per heavy atom. The van der Waals surface area contributed by atoms with Crippen LogP contribution in [0.25, 0.3) is 11.1 Å². The lowest BCUT2D eigenvalue weighted by Crippen LogP contribution is -2.59. The van der Waals surface area contributed by atoms with Crippen molar-refractivity contribution in [3.8, 4) is 11.1 Å². The fourth-order valence-electron chi connectivity index (χ4n) is 8.52. The predicted molar refractivity (Wildman–Crippen MR) is 256 cm³/mol. The Kier molecular flexibility index (Phi) is 14.8. The summed E-state index contributed by atoms with van der Waals surface area (Å²) in [6.45, 7) is 5.15. The Bertz CT molecular complexity index is 2440. The first-order valence-electron chi connectivity index (χ1n) is 22.3. The number of thioether (sulfide) groups is 1. The Morgan fingerprint density at radius 3 is 1.66 bits per heavy atom. The molecule has 14 heteroatoms. The number of amides is 5. The average molecular weight is 925 g/mol. The van der Waals surface area contributed by atoms with Crippen molar-refractivity contribution in [3.05, 3.63) is 167 Å². The fourth-order valence-corrected chi connectivity index (χ4v) is 10.1. The number of esters is 1. The number of imide groups is 1. The number of hydrogen-bond donors (Lipinski definition) is 3. The van der Waals surface area contributed by atoms with Gasteiger partial charge in [0, 0.05) is 25.1 Å². The number of alkyl carbamates (subject to hydrolysis) is 1. The molecule has 5 amide bonds. The molecular formula is C53H56N4O9S. The third-order valence-electron chi connectivity index (χ3n) is 11.9. The molecule has 348 valence electrons. The normalized spacial score (nSPS) is 14.5. The van der Waals surface area contributed by atoms with Gasteiger partial charge < -0.3 is 30.2 Å². The number of nitrogens with one attached hydrogen (secondary N) is 3. The average Bonchev–Trinajstić information content (AvgIpc) is 4.05. The summed E-state index contributed by atoms with van der Waals surface area (Å²) in [4.78, 5) is 83.2. The first-order chi connectivity index (χ1) is 32.2. The molecule has 1 fully saturated rings. The van der Waals surface area contributed by atoms with Gasteiger partial charge in [0.1, 0.15) is 29.8 Å². The van der Waals surface area contributed by atoms with E-state index in [1.54, 1.807) is 20.8 Å². The number of ether oxygens (including phenoxy) is 3. The Morgan fingerprint density at radius 2 is 1.18 bits per heavy atom. The van der Waals surface area contributed by atoms with Gasteiger partial charge in [-0.1, -0.05) is 140 Å². The van der Waals surface area contributed by atoms with E-state index >= 15 is 0 Å². The summed E-state index contributed by atoms with van der Waals surface area (Å²) in [5.41, 5.74) is 4.59. The minimum Gasteiger partial charge on any atom is -0.460 e. The van der Waals surface area contributed by atoms with Crippen LogP contribution in [-0.2, 0) is 38.1 Å². The lowest BCUT2D eigenvalue weighted by molar-refractivity contribution is -0.155. The van der Waals surface area contributed by atoms with Crippen LogP contribution in [0.5, 0.6) is 0 Å². The van der Waals surface area contributed by atoms with Crippen molar-refractivity contribution in [2.24, 2.45) is 0 Å². The van der Waals surface area contributed by atoms with Crippen molar-refractivity contribution >= 4 is 47.6 Å². The van der Waals surface area contributed by atoms with Gasteiger partial charge in [0.2, 0.25) is 11.8 Å². The van der Waals surface area contributed by atoms with Crippen molar-refractivity contribution in [2.75, 3.05) is 26.5 Å². The standard InChI is InChI=1S/C53H56N4O9S/c1-51(2,3)66-45(58)30-29-43(55-49(62)65-33-42-40-27-17-15-25-38(40)39-26-16-18-28-41(39)42)46(59)54-44(47(60)56-52(31-32-52)48(61)57(4)50(63)64-5)34-67-53(35-19-9-6-10-20-35,36-21-11-7-12-22-36)37-23-13-8-14-24-37/h6-28,42-44H,29-34H2,1-5H3,(H,54,59)(H,55,62)(H,56,60)/t43-,44-/m1/s1. The highest BCUT2D eigenvalue weighted by Gasteiger charge is 2.54. The number of hydrogen-bond acceptors (Lipinski definition) is 10. The number of likely N-dealkylation sites (N-methyl/N-ethyl adjacent to an activating group) is 1. The van der Waals surface area contributed by atoms with Gasteiger partial charge in [-0.2, -0.15) is 0 Å². The zero-order valence-corrected chi connectivity index (χ0v) is 39.1. The van der Waals surface area contributed by atoms with Gasteiger partial charge >= 0.3 is 18.2 Å². The van der Waals surface area contributed by atoms with Crippen LogP contribution in [0.1, 0.15) is 80.2 Å². The number of rotatable bonds is 17. The first kappa shape index (κ1) is 48.0. The van der Waals surface area contributed by atoms with Crippen LogP contribution in [0, 0.1) is 0 Å². The second-order valence-electron chi connectivity index (χ2n) is 17.7. The third kappa shape index (κ3) is 11.0. The number of carbonyl (C=O) groups excluding carboxylic acids is 6.